The lowest BCUT2D eigenvalue weighted by atomic mass is 9.63. The van der Waals surface area contributed by atoms with Gasteiger partial charge in [-0.25, -0.2) is 0 Å². The van der Waals surface area contributed by atoms with E-state index < -0.39 is 0 Å². The van der Waals surface area contributed by atoms with Crippen LogP contribution in [0.1, 0.15) is 64.9 Å². The van der Waals surface area contributed by atoms with Gasteiger partial charge in [0.15, 0.2) is 5.78 Å². The van der Waals surface area contributed by atoms with Crippen LogP contribution in [0.15, 0.2) is 36.9 Å². The van der Waals surface area contributed by atoms with Crippen LogP contribution in [-0.2, 0) is 11.8 Å². The minimum absolute atomic E-state index is 0.0171. The summed E-state index contributed by atoms with van der Waals surface area (Å²) >= 11 is 0. The van der Waals surface area contributed by atoms with Crippen molar-refractivity contribution in [3.63, 3.8) is 0 Å². The molecule has 2 atom stereocenters. The number of benzene rings is 2. The second kappa shape index (κ2) is 5.57. The minimum atomic E-state index is -0.218. The van der Waals surface area contributed by atoms with E-state index in [0.717, 1.165) is 39.9 Å². The van der Waals surface area contributed by atoms with Gasteiger partial charge < -0.3 is 5.32 Å². The monoisotopic (exact) mass is 342 g/mol. The molecular weight excluding hydrogens is 320 g/mol. The minimum Gasteiger partial charge on any atom is -0.380 e. The Bertz CT molecular complexity index is 994. The molecule has 130 valence electrons. The highest BCUT2D eigenvalue weighted by Crippen LogP contribution is 2.51. The Morgan fingerprint density at radius 2 is 2.08 bits per heavy atom. The number of Topliss-reactive ketones (excluding diaryl/α,β-unsaturated/α-hetero) is 1. The van der Waals surface area contributed by atoms with Gasteiger partial charge >= 0.3 is 0 Å². The number of nitriles is 1. The Balaban J connectivity index is 1.93. The lowest BCUT2D eigenvalue weighted by Crippen LogP contribution is -2.48. The number of hydrogen-bond acceptors (Lipinski definition) is 3. The highest BCUT2D eigenvalue weighted by molar-refractivity contribution is 6.07. The average Bonchev–Trinajstić information content (AvgIpc) is 3.05. The topological polar surface area (TPSA) is 52.9 Å². The maximum absolute atomic E-state index is 13.4. The number of rotatable bonds is 2. The summed E-state index contributed by atoms with van der Waals surface area (Å²) in [6.07, 6.45) is 2.75. The molecule has 0 radical (unpaired) electrons. The summed E-state index contributed by atoms with van der Waals surface area (Å²) in [4.78, 5) is 13.4. The summed E-state index contributed by atoms with van der Waals surface area (Å²) in [6, 6.07) is 12.0. The third-order valence-electron chi connectivity index (χ3n) is 6.06. The molecule has 2 aliphatic rings. The highest BCUT2D eigenvalue weighted by Gasteiger charge is 2.51. The molecule has 0 amide bonds. The molecule has 1 aliphatic carbocycles. The largest absolute Gasteiger partial charge is 0.380 e. The van der Waals surface area contributed by atoms with Crippen LogP contribution in [0.2, 0.25) is 0 Å². The van der Waals surface area contributed by atoms with Crippen molar-refractivity contribution in [1.29, 1.82) is 5.26 Å². The number of hydrogen-bond donors (Lipinski definition) is 1. The summed E-state index contributed by atoms with van der Waals surface area (Å²) < 4.78 is 0. The van der Waals surface area contributed by atoms with E-state index in [-0.39, 0.29) is 23.2 Å². The Kier molecular flexibility index (Phi) is 3.56. The van der Waals surface area contributed by atoms with Crippen molar-refractivity contribution in [2.75, 3.05) is 5.32 Å². The number of aryl methyl sites for hydroxylation is 1. The standard InChI is InChI=1S/C23H22N2O/c1-5-14-10-17-18(11-15(14)6-2)23(3,4)22-20(21(17)26)16-8-7-13(12-24)9-19(16)25-22/h6-11,20,22,25H,2,5H2,1,3-4H3. The number of carbonyl (C=O) groups is 1. The molecule has 2 unspecified atom stereocenters. The molecule has 26 heavy (non-hydrogen) atoms. The predicted molar refractivity (Wildman–Crippen MR) is 105 cm³/mol. The van der Waals surface area contributed by atoms with E-state index >= 15 is 0 Å². The summed E-state index contributed by atoms with van der Waals surface area (Å²) in [6.45, 7) is 10.4. The van der Waals surface area contributed by atoms with Gasteiger partial charge in [-0.1, -0.05) is 45.6 Å². The molecule has 0 saturated heterocycles. The maximum atomic E-state index is 13.4. The van der Waals surface area contributed by atoms with E-state index in [4.69, 9.17) is 0 Å². The van der Waals surface area contributed by atoms with Gasteiger partial charge in [0.05, 0.1) is 17.6 Å². The summed E-state index contributed by atoms with van der Waals surface area (Å²) in [5.74, 6) is -0.0369. The van der Waals surface area contributed by atoms with Crippen molar-refractivity contribution in [2.24, 2.45) is 0 Å². The summed E-state index contributed by atoms with van der Waals surface area (Å²) in [7, 11) is 0. The van der Waals surface area contributed by atoms with E-state index in [1.165, 1.54) is 0 Å². The van der Waals surface area contributed by atoms with Gasteiger partial charge in [0.1, 0.15) is 0 Å². The normalized spacial score (nSPS) is 21.8. The van der Waals surface area contributed by atoms with E-state index in [0.29, 0.717) is 5.56 Å². The van der Waals surface area contributed by atoms with E-state index in [2.05, 4.69) is 50.9 Å². The first-order chi connectivity index (χ1) is 12.4. The second-order valence-electron chi connectivity index (χ2n) is 7.75. The number of nitrogens with one attached hydrogen (secondary N) is 1. The van der Waals surface area contributed by atoms with Gasteiger partial charge in [-0.2, -0.15) is 5.26 Å². The third-order valence-corrected chi connectivity index (χ3v) is 6.06. The van der Waals surface area contributed by atoms with Crippen LogP contribution in [0.4, 0.5) is 5.69 Å². The smallest absolute Gasteiger partial charge is 0.172 e. The molecule has 0 fully saturated rings. The van der Waals surface area contributed by atoms with Gasteiger partial charge in [0, 0.05) is 22.7 Å². The molecule has 2 aromatic carbocycles. The molecule has 2 aromatic rings. The molecule has 0 bridgehead atoms. The quantitative estimate of drug-likeness (QED) is 0.851. The fourth-order valence-corrected chi connectivity index (χ4v) is 4.57. The van der Waals surface area contributed by atoms with E-state index in [9.17, 15) is 10.1 Å². The second-order valence-corrected chi connectivity index (χ2v) is 7.75. The number of carbonyl (C=O) groups excluding carboxylic acids is 1. The van der Waals surface area contributed by atoms with Gasteiger partial charge in [-0.15, -0.1) is 0 Å². The van der Waals surface area contributed by atoms with Crippen molar-refractivity contribution in [2.45, 2.75) is 44.6 Å². The summed E-state index contributed by atoms with van der Waals surface area (Å²) in [5, 5.41) is 12.7. The number of nitrogens with zero attached hydrogens (tertiary/aromatic N) is 1. The van der Waals surface area contributed by atoms with Gasteiger partial charge in [-0.3, -0.25) is 4.79 Å². The van der Waals surface area contributed by atoms with Crippen molar-refractivity contribution < 1.29 is 4.79 Å². The van der Waals surface area contributed by atoms with Crippen molar-refractivity contribution in [3.05, 3.63) is 70.3 Å². The molecule has 0 aromatic heterocycles. The molecule has 1 aliphatic heterocycles. The maximum Gasteiger partial charge on any atom is 0.172 e. The van der Waals surface area contributed by atoms with Crippen molar-refractivity contribution in [3.8, 4) is 6.07 Å². The van der Waals surface area contributed by atoms with Gasteiger partial charge in [0.25, 0.3) is 0 Å². The Morgan fingerprint density at radius 3 is 2.73 bits per heavy atom. The number of fused-ring (bicyclic) bond motifs is 4. The highest BCUT2D eigenvalue weighted by atomic mass is 16.1. The first-order valence-corrected chi connectivity index (χ1v) is 9.07. The van der Waals surface area contributed by atoms with E-state index in [1.54, 1.807) is 6.07 Å². The fraction of sp³-hybridized carbons (Fsp3) is 0.304. The lowest BCUT2D eigenvalue weighted by molar-refractivity contribution is 0.0922. The first-order valence-electron chi connectivity index (χ1n) is 9.07. The van der Waals surface area contributed by atoms with Crippen LogP contribution in [0.25, 0.3) is 6.08 Å². The van der Waals surface area contributed by atoms with Crippen molar-refractivity contribution in [1.82, 2.24) is 0 Å². The zero-order valence-electron chi connectivity index (χ0n) is 15.4. The molecular formula is C23H22N2O. The van der Waals surface area contributed by atoms with Crippen LogP contribution in [-0.4, -0.2) is 11.8 Å². The molecule has 0 saturated carbocycles. The zero-order valence-corrected chi connectivity index (χ0v) is 15.4. The van der Waals surface area contributed by atoms with Crippen molar-refractivity contribution >= 4 is 17.5 Å². The van der Waals surface area contributed by atoms with Gasteiger partial charge in [0.2, 0.25) is 0 Å². The Labute approximate surface area is 154 Å². The van der Waals surface area contributed by atoms with Gasteiger partial charge in [-0.05, 0) is 46.9 Å². The molecule has 3 nitrogen and oxygen atoms in total. The first kappa shape index (κ1) is 16.6. The summed E-state index contributed by atoms with van der Waals surface area (Å²) in [5.41, 5.74) is 6.48. The number of anilines is 1. The molecule has 0 spiro atoms. The van der Waals surface area contributed by atoms with Crippen LogP contribution < -0.4 is 5.32 Å². The Hall–Kier alpha value is -2.86. The zero-order chi connectivity index (χ0) is 18.6. The predicted octanol–water partition coefficient (Wildman–Crippen LogP) is 4.82. The molecule has 1 heterocycles. The molecule has 1 N–H and O–H groups in total. The average molecular weight is 342 g/mol. The number of ketones is 1. The van der Waals surface area contributed by atoms with Crippen LogP contribution in [0, 0.1) is 11.3 Å². The van der Waals surface area contributed by atoms with E-state index in [1.807, 2.05) is 18.2 Å². The fourth-order valence-electron chi connectivity index (χ4n) is 4.57. The SMILES string of the molecule is C=Cc1cc2c(cc1CC)C(=O)C1c3ccc(C#N)cc3NC1C2(C)C. The molecule has 4 rings (SSSR count). The lowest BCUT2D eigenvalue weighted by Gasteiger charge is -2.42. The van der Waals surface area contributed by atoms with Crippen LogP contribution in [0.3, 0.4) is 0 Å². The van der Waals surface area contributed by atoms with Crippen LogP contribution >= 0.6 is 0 Å². The molecule has 3 heteroatoms. The van der Waals surface area contributed by atoms with Crippen LogP contribution in [0.5, 0.6) is 0 Å². The third kappa shape index (κ3) is 2.08. The Morgan fingerprint density at radius 1 is 1.31 bits per heavy atom.